The lowest BCUT2D eigenvalue weighted by Gasteiger charge is -2.01. The predicted molar refractivity (Wildman–Crippen MR) is 53.6 cm³/mol. The minimum atomic E-state index is 0.486. The summed E-state index contributed by atoms with van der Waals surface area (Å²) < 4.78 is 1.73. The van der Waals surface area contributed by atoms with Gasteiger partial charge in [0.05, 0.1) is 5.02 Å². The number of hydrogen-bond donors (Lipinski definition) is 0. The Kier molecular flexibility index (Phi) is 2.25. The van der Waals surface area contributed by atoms with Gasteiger partial charge in [0.1, 0.15) is 11.0 Å². The summed E-state index contributed by atoms with van der Waals surface area (Å²) >= 11 is 11.7. The molecule has 0 aromatic carbocycles. The summed E-state index contributed by atoms with van der Waals surface area (Å²) in [6.45, 7) is 0. The second kappa shape index (κ2) is 3.40. The van der Waals surface area contributed by atoms with Crippen molar-refractivity contribution in [1.82, 2.24) is 9.55 Å². The van der Waals surface area contributed by atoms with Crippen LogP contribution in [0.1, 0.15) is 0 Å². The van der Waals surface area contributed by atoms with Gasteiger partial charge in [-0.15, -0.1) is 0 Å². The summed E-state index contributed by atoms with van der Waals surface area (Å²) in [5, 5.41) is 1.02. The molecular formula is C9H6Cl2N2. The van der Waals surface area contributed by atoms with Gasteiger partial charge in [0.15, 0.2) is 0 Å². The van der Waals surface area contributed by atoms with Crippen LogP contribution in [0.5, 0.6) is 0 Å². The third-order valence-electron chi connectivity index (χ3n) is 1.67. The van der Waals surface area contributed by atoms with Crippen LogP contribution in [0, 0.1) is 0 Å². The molecule has 0 fully saturated rings. The lowest BCUT2D eigenvalue weighted by atomic mass is 10.5. The van der Waals surface area contributed by atoms with Crippen molar-refractivity contribution in [2.45, 2.75) is 0 Å². The van der Waals surface area contributed by atoms with Crippen LogP contribution in [0.4, 0.5) is 0 Å². The van der Waals surface area contributed by atoms with Crippen LogP contribution >= 0.6 is 23.2 Å². The summed E-state index contributed by atoms with van der Waals surface area (Å²) in [6, 6.07) is 7.34. The zero-order chi connectivity index (χ0) is 9.26. The molecule has 0 bridgehead atoms. The van der Waals surface area contributed by atoms with Crippen LogP contribution in [0.3, 0.4) is 0 Å². The number of halogens is 2. The third-order valence-corrected chi connectivity index (χ3v) is 2.46. The van der Waals surface area contributed by atoms with Gasteiger partial charge in [0.25, 0.3) is 0 Å². The van der Waals surface area contributed by atoms with Crippen LogP contribution in [-0.2, 0) is 0 Å². The molecule has 2 nitrogen and oxygen atoms in total. The Morgan fingerprint density at radius 3 is 2.54 bits per heavy atom. The highest BCUT2D eigenvalue weighted by atomic mass is 35.5. The number of hydrogen-bond acceptors (Lipinski definition) is 1. The summed E-state index contributed by atoms with van der Waals surface area (Å²) in [7, 11) is 0. The molecule has 0 aliphatic rings. The Bertz CT molecular complexity index is 409. The fraction of sp³-hybridized carbons (Fsp3) is 0. The quantitative estimate of drug-likeness (QED) is 0.711. The summed E-state index contributed by atoms with van der Waals surface area (Å²) in [4.78, 5) is 4.14. The van der Waals surface area contributed by atoms with E-state index in [1.54, 1.807) is 23.0 Å². The molecule has 0 atom stereocenters. The molecule has 0 amide bonds. The van der Waals surface area contributed by atoms with Crippen molar-refractivity contribution < 1.29 is 0 Å². The van der Waals surface area contributed by atoms with E-state index < -0.39 is 0 Å². The molecule has 4 heteroatoms. The molecular weight excluding hydrogens is 207 g/mol. The number of aromatic nitrogens is 2. The smallest absolute Gasteiger partial charge is 0.137 e. The van der Waals surface area contributed by atoms with E-state index in [0.717, 1.165) is 5.82 Å². The Morgan fingerprint density at radius 1 is 1.15 bits per heavy atom. The van der Waals surface area contributed by atoms with Gasteiger partial charge in [0, 0.05) is 12.4 Å². The molecule has 2 aromatic rings. The second-order valence-electron chi connectivity index (χ2n) is 2.51. The largest absolute Gasteiger partial charge is 0.291 e. The molecule has 0 radical (unpaired) electrons. The number of nitrogens with zero attached hydrogens (tertiary/aromatic N) is 2. The van der Waals surface area contributed by atoms with E-state index in [4.69, 9.17) is 23.2 Å². The van der Waals surface area contributed by atoms with E-state index in [2.05, 4.69) is 4.98 Å². The third kappa shape index (κ3) is 1.55. The van der Waals surface area contributed by atoms with Gasteiger partial charge in [-0.3, -0.25) is 4.57 Å². The van der Waals surface area contributed by atoms with E-state index in [-0.39, 0.29) is 0 Å². The molecule has 2 heterocycles. The molecule has 0 saturated carbocycles. The van der Waals surface area contributed by atoms with Crippen molar-refractivity contribution in [3.8, 4) is 5.82 Å². The SMILES string of the molecule is Clc1ccn(-c2ccccn2)c1Cl. The summed E-state index contributed by atoms with van der Waals surface area (Å²) in [5.41, 5.74) is 0. The standard InChI is InChI=1S/C9H6Cl2N2/c10-7-4-6-13(9(7)11)8-3-1-2-5-12-8/h1-6H. The Balaban J connectivity index is 2.53. The molecule has 0 aliphatic heterocycles. The van der Waals surface area contributed by atoms with Crippen LogP contribution < -0.4 is 0 Å². The van der Waals surface area contributed by atoms with E-state index >= 15 is 0 Å². The maximum atomic E-state index is 5.93. The molecule has 66 valence electrons. The van der Waals surface area contributed by atoms with Gasteiger partial charge in [0.2, 0.25) is 0 Å². The van der Waals surface area contributed by atoms with Crippen molar-refractivity contribution in [1.29, 1.82) is 0 Å². The van der Waals surface area contributed by atoms with Crippen LogP contribution in [0.2, 0.25) is 10.2 Å². The predicted octanol–water partition coefficient (Wildman–Crippen LogP) is 3.18. The van der Waals surface area contributed by atoms with Gasteiger partial charge < -0.3 is 0 Å². The van der Waals surface area contributed by atoms with Crippen molar-refractivity contribution in [2.24, 2.45) is 0 Å². The lowest BCUT2D eigenvalue weighted by Crippen LogP contribution is -1.93. The van der Waals surface area contributed by atoms with Crippen LogP contribution in [-0.4, -0.2) is 9.55 Å². The molecule has 0 aliphatic carbocycles. The van der Waals surface area contributed by atoms with E-state index in [0.29, 0.717) is 10.2 Å². The van der Waals surface area contributed by atoms with E-state index in [1.807, 2.05) is 18.2 Å². The van der Waals surface area contributed by atoms with Crippen LogP contribution in [0.25, 0.3) is 5.82 Å². The van der Waals surface area contributed by atoms with Gasteiger partial charge in [-0.05, 0) is 18.2 Å². The molecule has 0 N–H and O–H groups in total. The fourth-order valence-electron chi connectivity index (χ4n) is 1.06. The van der Waals surface area contributed by atoms with Gasteiger partial charge >= 0.3 is 0 Å². The van der Waals surface area contributed by atoms with Gasteiger partial charge in [-0.1, -0.05) is 29.3 Å². The van der Waals surface area contributed by atoms with Crippen molar-refractivity contribution in [3.63, 3.8) is 0 Å². The number of pyridine rings is 1. The maximum absolute atomic E-state index is 5.93. The first-order chi connectivity index (χ1) is 6.29. The first-order valence-corrected chi connectivity index (χ1v) is 4.48. The highest BCUT2D eigenvalue weighted by Crippen LogP contribution is 2.24. The van der Waals surface area contributed by atoms with Crippen molar-refractivity contribution in [2.75, 3.05) is 0 Å². The van der Waals surface area contributed by atoms with Gasteiger partial charge in [-0.2, -0.15) is 0 Å². The molecule has 2 rings (SSSR count). The average molecular weight is 213 g/mol. The lowest BCUT2D eigenvalue weighted by molar-refractivity contribution is 1.01. The zero-order valence-electron chi connectivity index (χ0n) is 6.61. The Morgan fingerprint density at radius 2 is 2.00 bits per heavy atom. The average Bonchev–Trinajstić information content (AvgIpc) is 2.49. The highest BCUT2D eigenvalue weighted by molar-refractivity contribution is 6.41. The molecule has 13 heavy (non-hydrogen) atoms. The molecule has 2 aromatic heterocycles. The van der Waals surface area contributed by atoms with Crippen LogP contribution in [0.15, 0.2) is 36.7 Å². The first-order valence-electron chi connectivity index (χ1n) is 3.73. The van der Waals surface area contributed by atoms with E-state index in [9.17, 15) is 0 Å². The molecule has 0 spiro atoms. The summed E-state index contributed by atoms with van der Waals surface area (Å²) in [5.74, 6) is 0.763. The maximum Gasteiger partial charge on any atom is 0.137 e. The monoisotopic (exact) mass is 212 g/mol. The summed E-state index contributed by atoms with van der Waals surface area (Å²) in [6.07, 6.45) is 3.49. The number of rotatable bonds is 1. The topological polar surface area (TPSA) is 17.8 Å². The minimum absolute atomic E-state index is 0.486. The van der Waals surface area contributed by atoms with Gasteiger partial charge in [-0.25, -0.2) is 4.98 Å². The highest BCUT2D eigenvalue weighted by Gasteiger charge is 2.05. The molecule has 0 unspecified atom stereocenters. The first kappa shape index (κ1) is 8.60. The van der Waals surface area contributed by atoms with Crippen molar-refractivity contribution >= 4 is 23.2 Å². The minimum Gasteiger partial charge on any atom is -0.291 e. The zero-order valence-corrected chi connectivity index (χ0v) is 8.13. The van der Waals surface area contributed by atoms with Crippen molar-refractivity contribution in [3.05, 3.63) is 46.8 Å². The second-order valence-corrected chi connectivity index (χ2v) is 3.28. The van der Waals surface area contributed by atoms with E-state index in [1.165, 1.54) is 0 Å². The Hall–Kier alpha value is -0.990. The fourth-order valence-corrected chi connectivity index (χ4v) is 1.42. The Labute approximate surface area is 85.7 Å². The molecule has 0 saturated heterocycles. The normalized spacial score (nSPS) is 10.3.